The van der Waals surface area contributed by atoms with Crippen LogP contribution in [-0.2, 0) is 5.54 Å². The molecule has 0 amide bonds. The molecule has 2 rings (SSSR count). The predicted octanol–water partition coefficient (Wildman–Crippen LogP) is 1.96. The second-order valence-electron chi connectivity index (χ2n) is 4.20. The van der Waals surface area contributed by atoms with Crippen molar-refractivity contribution in [1.82, 2.24) is 0 Å². The molecule has 0 aromatic heterocycles. The summed E-state index contributed by atoms with van der Waals surface area (Å²) in [6.45, 7) is 1.99. The third-order valence-corrected chi connectivity index (χ3v) is 3.17. The molecule has 1 aromatic carbocycles. The maximum absolute atomic E-state index is 9.27. The van der Waals surface area contributed by atoms with E-state index in [2.05, 4.69) is 0 Å². The monoisotopic (exact) mass is 211 g/mol. The third-order valence-electron chi connectivity index (χ3n) is 2.86. The van der Waals surface area contributed by atoms with Gasteiger partial charge in [-0.1, -0.05) is 23.7 Å². The van der Waals surface area contributed by atoms with E-state index in [0.29, 0.717) is 17.9 Å². The number of aliphatic hydroxyl groups excluding tert-OH is 1. The zero-order chi connectivity index (χ0) is 10.3. The van der Waals surface area contributed by atoms with Crippen LogP contribution in [-0.4, -0.2) is 11.2 Å². The Morgan fingerprint density at radius 2 is 2.14 bits per heavy atom. The van der Waals surface area contributed by atoms with Crippen LogP contribution in [0, 0.1) is 6.92 Å². The Balaban J connectivity index is 2.33. The van der Waals surface area contributed by atoms with Gasteiger partial charge in [0.1, 0.15) is 0 Å². The molecule has 0 saturated heterocycles. The molecule has 1 aliphatic carbocycles. The average Bonchev–Trinajstić information content (AvgIpc) is 2.00. The molecule has 0 bridgehead atoms. The first-order valence-corrected chi connectivity index (χ1v) is 5.13. The lowest BCUT2D eigenvalue weighted by molar-refractivity contribution is 0.0210. The highest BCUT2D eigenvalue weighted by molar-refractivity contribution is 6.31. The number of halogens is 1. The first-order chi connectivity index (χ1) is 6.51. The second kappa shape index (κ2) is 3.23. The Hall–Kier alpha value is -0.570. The summed E-state index contributed by atoms with van der Waals surface area (Å²) in [7, 11) is 0. The van der Waals surface area contributed by atoms with E-state index in [1.807, 2.05) is 25.1 Å². The van der Waals surface area contributed by atoms with Crippen molar-refractivity contribution in [2.45, 2.75) is 31.4 Å². The van der Waals surface area contributed by atoms with Gasteiger partial charge < -0.3 is 10.8 Å². The minimum absolute atomic E-state index is 0.266. The van der Waals surface area contributed by atoms with Gasteiger partial charge in [0.05, 0.1) is 6.10 Å². The fourth-order valence-corrected chi connectivity index (χ4v) is 2.45. The minimum Gasteiger partial charge on any atom is -0.393 e. The van der Waals surface area contributed by atoms with Crippen LogP contribution < -0.4 is 5.73 Å². The van der Waals surface area contributed by atoms with Gasteiger partial charge in [-0.2, -0.15) is 0 Å². The van der Waals surface area contributed by atoms with Crippen LogP contribution in [0.2, 0.25) is 5.02 Å². The van der Waals surface area contributed by atoms with E-state index in [9.17, 15) is 5.11 Å². The topological polar surface area (TPSA) is 46.2 Å². The van der Waals surface area contributed by atoms with Crippen LogP contribution in [0.1, 0.15) is 24.0 Å². The number of benzene rings is 1. The lowest BCUT2D eigenvalue weighted by atomic mass is 9.70. The molecule has 0 unspecified atom stereocenters. The van der Waals surface area contributed by atoms with E-state index in [1.54, 1.807) is 0 Å². The first-order valence-electron chi connectivity index (χ1n) is 4.75. The van der Waals surface area contributed by atoms with Gasteiger partial charge in [0.2, 0.25) is 0 Å². The van der Waals surface area contributed by atoms with Crippen LogP contribution in [0.3, 0.4) is 0 Å². The van der Waals surface area contributed by atoms with Crippen LogP contribution in [0.25, 0.3) is 0 Å². The maximum Gasteiger partial charge on any atom is 0.0582 e. The summed E-state index contributed by atoms with van der Waals surface area (Å²) in [5.41, 5.74) is 7.79. The first kappa shape index (κ1) is 9.97. The summed E-state index contributed by atoms with van der Waals surface area (Å²) < 4.78 is 0. The number of rotatable bonds is 1. The molecule has 1 aliphatic rings. The normalized spacial score (nSPS) is 31.3. The second-order valence-corrected chi connectivity index (χ2v) is 4.61. The van der Waals surface area contributed by atoms with Crippen molar-refractivity contribution in [1.29, 1.82) is 0 Å². The van der Waals surface area contributed by atoms with Crippen molar-refractivity contribution >= 4 is 11.6 Å². The van der Waals surface area contributed by atoms with Gasteiger partial charge in [0.25, 0.3) is 0 Å². The molecule has 0 radical (unpaired) electrons. The molecule has 3 heteroatoms. The number of aryl methyl sites for hydroxylation is 1. The number of aliphatic hydroxyl groups is 1. The number of hydrogen-bond donors (Lipinski definition) is 2. The quantitative estimate of drug-likeness (QED) is 0.746. The van der Waals surface area contributed by atoms with Gasteiger partial charge in [-0.3, -0.25) is 0 Å². The fraction of sp³-hybridized carbons (Fsp3) is 0.455. The number of nitrogens with two attached hydrogens (primary N) is 1. The van der Waals surface area contributed by atoms with Crippen molar-refractivity contribution < 1.29 is 5.11 Å². The van der Waals surface area contributed by atoms with Crippen molar-refractivity contribution in [3.05, 3.63) is 34.3 Å². The molecule has 0 aliphatic heterocycles. The summed E-state index contributed by atoms with van der Waals surface area (Å²) in [6, 6.07) is 5.88. The Bertz CT molecular complexity index is 358. The molecule has 14 heavy (non-hydrogen) atoms. The molecule has 3 N–H and O–H groups in total. The molecule has 0 spiro atoms. The minimum atomic E-state index is -0.413. The van der Waals surface area contributed by atoms with Gasteiger partial charge >= 0.3 is 0 Å². The Kier molecular flexibility index (Phi) is 2.30. The highest BCUT2D eigenvalue weighted by Crippen LogP contribution is 2.41. The van der Waals surface area contributed by atoms with Crippen LogP contribution in [0.4, 0.5) is 0 Å². The smallest absolute Gasteiger partial charge is 0.0582 e. The third kappa shape index (κ3) is 1.54. The van der Waals surface area contributed by atoms with Crippen molar-refractivity contribution in [2.24, 2.45) is 5.73 Å². The predicted molar refractivity (Wildman–Crippen MR) is 57.3 cm³/mol. The van der Waals surface area contributed by atoms with E-state index < -0.39 is 5.54 Å². The van der Waals surface area contributed by atoms with E-state index in [1.165, 1.54) is 0 Å². The zero-order valence-electron chi connectivity index (χ0n) is 8.13. The molecule has 1 aromatic rings. The van der Waals surface area contributed by atoms with Gasteiger partial charge in [0.15, 0.2) is 0 Å². The molecule has 2 nitrogen and oxygen atoms in total. The van der Waals surface area contributed by atoms with E-state index in [0.717, 1.165) is 11.1 Å². The molecule has 0 heterocycles. The summed E-state index contributed by atoms with van der Waals surface area (Å²) in [5.74, 6) is 0. The van der Waals surface area contributed by atoms with Gasteiger partial charge in [-0.05, 0) is 37.0 Å². The van der Waals surface area contributed by atoms with Crippen molar-refractivity contribution in [3.8, 4) is 0 Å². The largest absolute Gasteiger partial charge is 0.393 e. The SMILES string of the molecule is Cc1ccc(C2(N)CC(O)C2)c(Cl)c1. The highest BCUT2D eigenvalue weighted by Gasteiger charge is 2.42. The molecule has 1 saturated carbocycles. The summed E-state index contributed by atoms with van der Waals surface area (Å²) >= 11 is 6.11. The summed E-state index contributed by atoms with van der Waals surface area (Å²) in [4.78, 5) is 0. The lowest BCUT2D eigenvalue weighted by Crippen LogP contribution is -2.51. The fourth-order valence-electron chi connectivity index (χ4n) is 2.02. The van der Waals surface area contributed by atoms with Crippen LogP contribution >= 0.6 is 11.6 Å². The molecular formula is C11H14ClNO. The van der Waals surface area contributed by atoms with E-state index in [-0.39, 0.29) is 6.10 Å². The molecular weight excluding hydrogens is 198 g/mol. The molecule has 1 fully saturated rings. The Morgan fingerprint density at radius 3 is 2.64 bits per heavy atom. The summed E-state index contributed by atoms with van der Waals surface area (Å²) in [6.07, 6.45) is 0.948. The standard InChI is InChI=1S/C11H14ClNO/c1-7-2-3-9(10(12)4-7)11(13)5-8(14)6-11/h2-4,8,14H,5-6,13H2,1H3. The lowest BCUT2D eigenvalue weighted by Gasteiger charge is -2.43. The Morgan fingerprint density at radius 1 is 1.50 bits per heavy atom. The van der Waals surface area contributed by atoms with Crippen molar-refractivity contribution in [3.63, 3.8) is 0 Å². The van der Waals surface area contributed by atoms with E-state index >= 15 is 0 Å². The molecule has 0 atom stereocenters. The van der Waals surface area contributed by atoms with Crippen molar-refractivity contribution in [2.75, 3.05) is 0 Å². The Labute approximate surface area is 88.7 Å². The average molecular weight is 212 g/mol. The summed E-state index contributed by atoms with van der Waals surface area (Å²) in [5, 5.41) is 9.98. The number of hydrogen-bond acceptors (Lipinski definition) is 2. The van der Waals surface area contributed by atoms with E-state index in [4.69, 9.17) is 17.3 Å². The highest BCUT2D eigenvalue weighted by atomic mass is 35.5. The van der Waals surface area contributed by atoms with Crippen LogP contribution in [0.15, 0.2) is 18.2 Å². The van der Waals surface area contributed by atoms with Gasteiger partial charge in [-0.15, -0.1) is 0 Å². The van der Waals surface area contributed by atoms with Gasteiger partial charge in [0, 0.05) is 10.6 Å². The maximum atomic E-state index is 9.27. The molecule has 76 valence electrons. The zero-order valence-corrected chi connectivity index (χ0v) is 8.88. The van der Waals surface area contributed by atoms with Crippen LogP contribution in [0.5, 0.6) is 0 Å². The van der Waals surface area contributed by atoms with Gasteiger partial charge in [-0.25, -0.2) is 0 Å².